The molecule has 2 N–H and O–H groups in total. The third kappa shape index (κ3) is 3.62. The fourth-order valence-electron chi connectivity index (χ4n) is 3.30. The van der Waals surface area contributed by atoms with Crippen molar-refractivity contribution in [2.24, 2.45) is 0 Å². The number of aromatic hydroxyl groups is 1. The molecule has 3 rings (SSSR count). The Hall–Kier alpha value is -2.08. The lowest BCUT2D eigenvalue weighted by Crippen LogP contribution is -2.27. The number of phenolic OH excluding ortho intramolecular Hbond substituents is 1. The molecule has 0 radical (unpaired) electrons. The topological polar surface area (TPSA) is 111 Å². The summed E-state index contributed by atoms with van der Waals surface area (Å²) in [7, 11) is -2.22. The lowest BCUT2D eigenvalue weighted by molar-refractivity contribution is 0.0773. The normalized spacial score (nSPS) is 15.8. The molecule has 0 spiro atoms. The Bertz CT molecular complexity index is 1100. The van der Waals surface area contributed by atoms with Gasteiger partial charge in [0.25, 0.3) is 5.91 Å². The summed E-state index contributed by atoms with van der Waals surface area (Å²) < 4.78 is 25.6. The summed E-state index contributed by atoms with van der Waals surface area (Å²) in [4.78, 5) is 18.4. The van der Waals surface area contributed by atoms with E-state index in [9.17, 15) is 23.4 Å². The Kier molecular flexibility index (Phi) is 5.45. The molecule has 1 aliphatic heterocycles. The van der Waals surface area contributed by atoms with Crippen LogP contribution in [0, 0.1) is 0 Å². The monoisotopic (exact) mass is 517 g/mol. The predicted molar refractivity (Wildman–Crippen MR) is 116 cm³/mol. The van der Waals surface area contributed by atoms with Gasteiger partial charge in [-0.1, -0.05) is 22.6 Å². The molecule has 1 aromatic heterocycles. The van der Waals surface area contributed by atoms with Crippen molar-refractivity contribution in [2.75, 3.05) is 24.2 Å². The first-order valence-electron chi connectivity index (χ1n) is 8.41. The second-order valence-electron chi connectivity index (χ2n) is 6.68. The summed E-state index contributed by atoms with van der Waals surface area (Å²) in [5, 5.41) is 21.2. The van der Waals surface area contributed by atoms with Crippen LogP contribution in [0.15, 0.2) is 30.2 Å². The van der Waals surface area contributed by atoms with E-state index in [2.05, 4.69) is 27.6 Å². The Balaban J connectivity index is 2.21. The summed E-state index contributed by atoms with van der Waals surface area (Å²) in [6.07, 6.45) is 4.16. The average molecular weight is 517 g/mol. The van der Waals surface area contributed by atoms with Gasteiger partial charge in [-0.25, -0.2) is 8.42 Å². The number of aliphatic hydroxyl groups is 1. The van der Waals surface area contributed by atoms with Crippen LogP contribution in [0.2, 0.25) is 0 Å². The highest BCUT2D eigenvalue weighted by atomic mass is 127. The Morgan fingerprint density at radius 3 is 2.79 bits per heavy atom. The van der Waals surface area contributed by atoms with Crippen LogP contribution in [0.3, 0.4) is 0 Å². The van der Waals surface area contributed by atoms with E-state index >= 15 is 0 Å². The third-order valence-electron chi connectivity index (χ3n) is 4.55. The van der Waals surface area contributed by atoms with Crippen molar-refractivity contribution in [1.82, 2.24) is 9.88 Å². The molecule has 0 aliphatic carbocycles. The molecular formula is C18H20IN3O5S. The smallest absolute Gasteiger partial charge is 0.258 e. The molecule has 0 saturated heterocycles. The third-order valence-corrected chi connectivity index (χ3v) is 6.09. The van der Waals surface area contributed by atoms with Gasteiger partial charge >= 0.3 is 0 Å². The van der Waals surface area contributed by atoms with Crippen LogP contribution in [0.5, 0.6) is 5.75 Å². The molecule has 10 heteroatoms. The van der Waals surface area contributed by atoms with Crippen molar-refractivity contribution >= 4 is 55.1 Å². The number of aromatic nitrogens is 1. The number of amides is 1. The van der Waals surface area contributed by atoms with Gasteiger partial charge in [0.15, 0.2) is 5.75 Å². The summed E-state index contributed by atoms with van der Waals surface area (Å²) in [5.41, 5.74) is 0.876. The molecule has 0 bridgehead atoms. The van der Waals surface area contributed by atoms with Crippen molar-refractivity contribution in [2.45, 2.75) is 17.4 Å². The Morgan fingerprint density at radius 2 is 2.18 bits per heavy atom. The molecule has 1 unspecified atom stereocenters. The maximum atomic E-state index is 12.9. The first kappa shape index (κ1) is 20.6. The van der Waals surface area contributed by atoms with E-state index < -0.39 is 15.9 Å². The van der Waals surface area contributed by atoms with E-state index in [1.165, 1.54) is 18.1 Å². The van der Waals surface area contributed by atoms with Gasteiger partial charge in [-0.2, -0.15) is 0 Å². The highest BCUT2D eigenvalue weighted by molar-refractivity contribution is 14.1. The Labute approximate surface area is 176 Å². The van der Waals surface area contributed by atoms with Gasteiger partial charge in [0.2, 0.25) is 10.0 Å². The second-order valence-corrected chi connectivity index (χ2v) is 10.7. The number of aliphatic hydroxyl groups excluding tert-OH is 1. The van der Waals surface area contributed by atoms with Crippen LogP contribution in [0.4, 0.5) is 5.69 Å². The minimum absolute atomic E-state index is 0.0204. The first-order chi connectivity index (χ1) is 13.0. The standard InChI is InChI=1S/C18H20IN3O5S/c1-10(19)7-11(23)8-22-9-13-14(18(22)25)17(24)15-12(5-4-6-20-15)16(13)21(2)28(3,26)27/h4-7,10,23-24H,8-9H2,1-3H3/b11-7-. The molecular weight excluding hydrogens is 497 g/mol. The molecule has 28 heavy (non-hydrogen) atoms. The molecule has 150 valence electrons. The number of halogens is 1. The van der Waals surface area contributed by atoms with Crippen molar-refractivity contribution in [3.8, 4) is 5.75 Å². The molecule has 8 nitrogen and oxygen atoms in total. The number of benzene rings is 1. The van der Waals surface area contributed by atoms with Crippen LogP contribution in [0.1, 0.15) is 22.8 Å². The number of carbonyl (C=O) groups is 1. The minimum Gasteiger partial charge on any atom is -0.511 e. The number of phenols is 1. The predicted octanol–water partition coefficient (Wildman–Crippen LogP) is 2.56. The molecule has 2 heterocycles. The molecule has 1 atom stereocenters. The largest absolute Gasteiger partial charge is 0.511 e. The summed E-state index contributed by atoms with van der Waals surface area (Å²) in [6, 6.07) is 3.29. The maximum absolute atomic E-state index is 12.9. The van der Waals surface area contributed by atoms with Gasteiger partial charge in [-0.3, -0.25) is 14.1 Å². The van der Waals surface area contributed by atoms with Crippen LogP contribution in [-0.2, 0) is 16.6 Å². The van der Waals surface area contributed by atoms with Crippen molar-refractivity contribution in [3.63, 3.8) is 0 Å². The fraction of sp³-hybridized carbons (Fsp3) is 0.333. The van der Waals surface area contributed by atoms with Gasteiger partial charge in [-0.15, -0.1) is 0 Å². The number of nitrogens with zero attached hydrogens (tertiary/aromatic N) is 3. The SMILES string of the molecule is CC(I)/C=C(\O)CN1Cc2c(c(O)c3ncccc3c2N(C)S(C)(=O)=O)C1=O. The molecule has 1 aliphatic rings. The van der Waals surface area contributed by atoms with E-state index in [1.807, 2.05) is 6.92 Å². The van der Waals surface area contributed by atoms with Crippen LogP contribution >= 0.6 is 22.6 Å². The van der Waals surface area contributed by atoms with Gasteiger partial charge in [0.05, 0.1) is 24.1 Å². The number of sulfonamides is 1. The van der Waals surface area contributed by atoms with Crippen LogP contribution in [0.25, 0.3) is 10.9 Å². The second kappa shape index (κ2) is 7.39. The van der Waals surface area contributed by atoms with Crippen molar-refractivity contribution in [3.05, 3.63) is 41.3 Å². The zero-order valence-corrected chi connectivity index (χ0v) is 18.5. The number of hydrogen-bond donors (Lipinski definition) is 2. The van der Waals surface area contributed by atoms with E-state index in [0.29, 0.717) is 16.6 Å². The zero-order chi connectivity index (χ0) is 20.8. The number of alkyl halides is 1. The summed E-state index contributed by atoms with van der Waals surface area (Å²) in [6.45, 7) is 1.92. The van der Waals surface area contributed by atoms with E-state index in [1.54, 1.807) is 18.2 Å². The average Bonchev–Trinajstić information content (AvgIpc) is 2.90. The van der Waals surface area contributed by atoms with E-state index in [4.69, 9.17) is 0 Å². The van der Waals surface area contributed by atoms with E-state index in [-0.39, 0.29) is 39.6 Å². The number of fused-ring (bicyclic) bond motifs is 2. The molecule has 2 aromatic rings. The number of allylic oxidation sites excluding steroid dienone is 1. The summed E-state index contributed by atoms with van der Waals surface area (Å²) in [5.74, 6) is -0.734. The number of hydrogen-bond acceptors (Lipinski definition) is 6. The molecule has 0 saturated carbocycles. The number of anilines is 1. The minimum atomic E-state index is -3.62. The maximum Gasteiger partial charge on any atom is 0.258 e. The van der Waals surface area contributed by atoms with Gasteiger partial charge in [0, 0.05) is 34.7 Å². The lowest BCUT2D eigenvalue weighted by atomic mass is 10.0. The van der Waals surface area contributed by atoms with Crippen LogP contribution < -0.4 is 4.31 Å². The van der Waals surface area contributed by atoms with E-state index in [0.717, 1.165) is 10.6 Å². The lowest BCUT2D eigenvalue weighted by Gasteiger charge is -2.22. The number of carbonyl (C=O) groups excluding carboxylic acids is 1. The molecule has 1 aromatic carbocycles. The first-order valence-corrected chi connectivity index (χ1v) is 11.5. The number of pyridine rings is 1. The zero-order valence-electron chi connectivity index (χ0n) is 15.5. The highest BCUT2D eigenvalue weighted by Gasteiger charge is 2.37. The molecule has 1 amide bonds. The quantitative estimate of drug-likeness (QED) is 0.359. The van der Waals surface area contributed by atoms with Crippen LogP contribution in [-0.4, -0.2) is 58.2 Å². The fourth-order valence-corrected chi connectivity index (χ4v) is 4.25. The van der Waals surface area contributed by atoms with Gasteiger partial charge < -0.3 is 15.1 Å². The number of rotatable bonds is 5. The van der Waals surface area contributed by atoms with Crippen molar-refractivity contribution < 1.29 is 23.4 Å². The van der Waals surface area contributed by atoms with Crippen molar-refractivity contribution in [1.29, 1.82) is 0 Å². The Morgan fingerprint density at radius 1 is 1.50 bits per heavy atom. The summed E-state index contributed by atoms with van der Waals surface area (Å²) >= 11 is 2.13. The van der Waals surface area contributed by atoms with Gasteiger partial charge in [0.1, 0.15) is 11.3 Å². The van der Waals surface area contributed by atoms with Gasteiger partial charge in [-0.05, 0) is 25.1 Å². The highest BCUT2D eigenvalue weighted by Crippen LogP contribution is 2.44. The molecule has 0 fully saturated rings.